The average Bonchev–Trinajstić information content (AvgIpc) is 2.81. The Labute approximate surface area is 120 Å². The Kier molecular flexibility index (Phi) is 3.47. The summed E-state index contributed by atoms with van der Waals surface area (Å²) in [4.78, 5) is 0. The van der Waals surface area contributed by atoms with Gasteiger partial charge in [0.05, 0.1) is 0 Å². The molecule has 0 spiro atoms. The van der Waals surface area contributed by atoms with Crippen molar-refractivity contribution in [3.05, 3.63) is 58.9 Å². The van der Waals surface area contributed by atoms with Gasteiger partial charge in [0.1, 0.15) is 5.75 Å². The van der Waals surface area contributed by atoms with Crippen molar-refractivity contribution in [3.63, 3.8) is 0 Å². The van der Waals surface area contributed by atoms with Crippen LogP contribution in [0, 0.1) is 6.92 Å². The van der Waals surface area contributed by atoms with Crippen LogP contribution in [-0.4, -0.2) is 5.11 Å². The van der Waals surface area contributed by atoms with E-state index in [0.717, 1.165) is 13.0 Å². The molecule has 0 amide bonds. The molecule has 0 saturated heterocycles. The molecule has 1 aromatic heterocycles. The first-order chi connectivity index (χ1) is 9.63. The highest BCUT2D eigenvalue weighted by molar-refractivity contribution is 5.35. The van der Waals surface area contributed by atoms with Crippen molar-refractivity contribution in [2.24, 2.45) is 0 Å². The van der Waals surface area contributed by atoms with Gasteiger partial charge in [-0.15, -0.1) is 0 Å². The van der Waals surface area contributed by atoms with Crippen LogP contribution in [0.4, 0.5) is 0 Å². The number of pyridine rings is 1. The molecule has 1 N–H and O–H groups in total. The average molecular weight is 268 g/mol. The third-order valence-electron chi connectivity index (χ3n) is 4.44. The van der Waals surface area contributed by atoms with Crippen LogP contribution in [0.2, 0.25) is 0 Å². The number of aromatic nitrogens is 1. The molecule has 1 unspecified atom stereocenters. The number of fused-ring (bicyclic) bond motifs is 1. The summed E-state index contributed by atoms with van der Waals surface area (Å²) in [6, 6.07) is 7.52. The van der Waals surface area contributed by atoms with E-state index < -0.39 is 0 Å². The quantitative estimate of drug-likeness (QED) is 0.849. The Morgan fingerprint density at radius 1 is 1.20 bits per heavy atom. The van der Waals surface area contributed by atoms with Gasteiger partial charge in [0.25, 0.3) is 0 Å². The summed E-state index contributed by atoms with van der Waals surface area (Å²) in [6.45, 7) is 5.55. The highest BCUT2D eigenvalue weighted by Gasteiger charge is 2.24. The lowest BCUT2D eigenvalue weighted by Gasteiger charge is -2.06. The lowest BCUT2D eigenvalue weighted by molar-refractivity contribution is -0.697. The second kappa shape index (κ2) is 5.28. The summed E-state index contributed by atoms with van der Waals surface area (Å²) in [5, 5.41) is 9.31. The van der Waals surface area contributed by atoms with Gasteiger partial charge in [-0.05, 0) is 48.9 Å². The number of rotatable bonds is 3. The fourth-order valence-corrected chi connectivity index (χ4v) is 3.18. The molecule has 20 heavy (non-hydrogen) atoms. The molecule has 104 valence electrons. The number of aromatic hydroxyl groups is 1. The molecular formula is C18H22NO+. The van der Waals surface area contributed by atoms with Crippen molar-refractivity contribution in [2.45, 2.75) is 45.6 Å². The van der Waals surface area contributed by atoms with Crippen molar-refractivity contribution in [2.75, 3.05) is 0 Å². The number of hydrogen-bond acceptors (Lipinski definition) is 1. The van der Waals surface area contributed by atoms with Gasteiger partial charge in [-0.2, -0.15) is 0 Å². The fourth-order valence-electron chi connectivity index (χ4n) is 3.18. The highest BCUT2D eigenvalue weighted by Crippen LogP contribution is 2.33. The molecule has 2 heteroatoms. The topological polar surface area (TPSA) is 24.1 Å². The molecular weight excluding hydrogens is 246 g/mol. The molecule has 1 aliphatic rings. The molecule has 1 atom stereocenters. The smallest absolute Gasteiger partial charge is 0.172 e. The van der Waals surface area contributed by atoms with E-state index >= 15 is 0 Å². The van der Waals surface area contributed by atoms with Gasteiger partial charge in [-0.25, -0.2) is 4.57 Å². The van der Waals surface area contributed by atoms with Gasteiger partial charge in [0.2, 0.25) is 0 Å². The Bertz CT molecular complexity index is 616. The van der Waals surface area contributed by atoms with Gasteiger partial charge in [0, 0.05) is 17.5 Å². The zero-order chi connectivity index (χ0) is 14.1. The SMILES string of the molecule is Cc1c[n+](CCc2ccc(O)cc2)cc2c1CCC2C. The van der Waals surface area contributed by atoms with Crippen LogP contribution in [0.1, 0.15) is 41.5 Å². The summed E-state index contributed by atoms with van der Waals surface area (Å²) in [5.41, 5.74) is 5.80. The lowest BCUT2D eigenvalue weighted by atomic mass is 10.0. The first-order valence-electron chi connectivity index (χ1n) is 7.44. The molecule has 1 heterocycles. The molecule has 1 aromatic carbocycles. The van der Waals surface area contributed by atoms with E-state index in [2.05, 4.69) is 30.8 Å². The second-order valence-electron chi connectivity index (χ2n) is 5.97. The Balaban J connectivity index is 1.77. The van der Waals surface area contributed by atoms with Crippen molar-refractivity contribution in [3.8, 4) is 5.75 Å². The summed E-state index contributed by atoms with van der Waals surface area (Å²) in [6.07, 6.45) is 8.13. The predicted octanol–water partition coefficient (Wildman–Crippen LogP) is 3.28. The van der Waals surface area contributed by atoms with Crippen LogP contribution >= 0.6 is 0 Å². The van der Waals surface area contributed by atoms with Crippen LogP contribution in [0.5, 0.6) is 5.75 Å². The van der Waals surface area contributed by atoms with Crippen LogP contribution in [0.25, 0.3) is 0 Å². The largest absolute Gasteiger partial charge is 0.508 e. The molecule has 0 bridgehead atoms. The molecule has 0 radical (unpaired) electrons. The maximum Gasteiger partial charge on any atom is 0.172 e. The predicted molar refractivity (Wildman–Crippen MR) is 79.9 cm³/mol. The van der Waals surface area contributed by atoms with E-state index in [-0.39, 0.29) is 0 Å². The normalized spacial score (nSPS) is 17.2. The summed E-state index contributed by atoms with van der Waals surface area (Å²) in [7, 11) is 0. The first kappa shape index (κ1) is 13.2. The van der Waals surface area contributed by atoms with Gasteiger partial charge in [-0.3, -0.25) is 0 Å². The van der Waals surface area contributed by atoms with Gasteiger partial charge in [-0.1, -0.05) is 19.1 Å². The number of phenols is 1. The standard InChI is InChI=1S/C18H21NO/c1-13-3-8-17-14(2)11-19(12-18(13)17)10-9-15-4-6-16(20)7-5-15/h4-7,11-13H,3,8-10H2,1-2H3/p+1. The maximum atomic E-state index is 9.31. The number of benzene rings is 1. The molecule has 2 aromatic rings. The minimum atomic E-state index is 0.337. The van der Waals surface area contributed by atoms with E-state index in [9.17, 15) is 5.11 Å². The number of phenolic OH excluding ortho intramolecular Hbond substituents is 1. The van der Waals surface area contributed by atoms with Crippen molar-refractivity contribution in [1.29, 1.82) is 0 Å². The monoisotopic (exact) mass is 268 g/mol. The van der Waals surface area contributed by atoms with Crippen molar-refractivity contribution >= 4 is 0 Å². The second-order valence-corrected chi connectivity index (χ2v) is 5.97. The zero-order valence-corrected chi connectivity index (χ0v) is 12.3. The van der Waals surface area contributed by atoms with Gasteiger partial charge in [0.15, 0.2) is 18.9 Å². The van der Waals surface area contributed by atoms with E-state index in [1.54, 1.807) is 17.7 Å². The summed E-state index contributed by atoms with van der Waals surface area (Å²) in [5.74, 6) is 1.04. The molecule has 1 aliphatic carbocycles. The fraction of sp³-hybridized carbons (Fsp3) is 0.389. The maximum absolute atomic E-state index is 9.31. The lowest BCUT2D eigenvalue weighted by Crippen LogP contribution is -2.35. The molecule has 0 saturated carbocycles. The Morgan fingerprint density at radius 2 is 1.95 bits per heavy atom. The van der Waals surface area contributed by atoms with Crippen LogP contribution < -0.4 is 4.57 Å². The molecule has 2 nitrogen and oxygen atoms in total. The minimum Gasteiger partial charge on any atom is -0.508 e. The summed E-state index contributed by atoms with van der Waals surface area (Å²) < 4.78 is 2.32. The van der Waals surface area contributed by atoms with E-state index in [1.165, 1.54) is 29.5 Å². The van der Waals surface area contributed by atoms with Crippen LogP contribution in [0.15, 0.2) is 36.7 Å². The minimum absolute atomic E-state index is 0.337. The van der Waals surface area contributed by atoms with E-state index in [1.807, 2.05) is 12.1 Å². The Hall–Kier alpha value is -1.83. The van der Waals surface area contributed by atoms with E-state index in [4.69, 9.17) is 0 Å². The zero-order valence-electron chi connectivity index (χ0n) is 12.3. The third kappa shape index (κ3) is 2.55. The van der Waals surface area contributed by atoms with Crippen LogP contribution in [-0.2, 0) is 19.4 Å². The molecule has 0 aliphatic heterocycles. The van der Waals surface area contributed by atoms with Crippen LogP contribution in [0.3, 0.4) is 0 Å². The number of aryl methyl sites for hydroxylation is 3. The molecule has 0 fully saturated rings. The number of hydrogen-bond donors (Lipinski definition) is 1. The highest BCUT2D eigenvalue weighted by atomic mass is 16.3. The third-order valence-corrected chi connectivity index (χ3v) is 4.44. The summed E-state index contributed by atoms with van der Waals surface area (Å²) >= 11 is 0. The van der Waals surface area contributed by atoms with E-state index in [0.29, 0.717) is 11.7 Å². The van der Waals surface area contributed by atoms with Gasteiger partial charge < -0.3 is 5.11 Å². The van der Waals surface area contributed by atoms with Crippen molar-refractivity contribution in [1.82, 2.24) is 0 Å². The van der Waals surface area contributed by atoms with Gasteiger partial charge >= 0.3 is 0 Å². The Morgan fingerprint density at radius 3 is 2.70 bits per heavy atom. The number of nitrogens with zero attached hydrogens (tertiary/aromatic N) is 1. The molecule has 3 rings (SSSR count). The first-order valence-corrected chi connectivity index (χ1v) is 7.44. The van der Waals surface area contributed by atoms with Crippen molar-refractivity contribution < 1.29 is 9.67 Å².